The first-order chi connectivity index (χ1) is 12.2. The zero-order chi connectivity index (χ0) is 18.9. The predicted octanol–water partition coefficient (Wildman–Crippen LogP) is 4.23. The minimum Gasteiger partial charge on any atom is -0.446 e. The van der Waals surface area contributed by atoms with Crippen molar-refractivity contribution >= 4 is 38.9 Å². The maximum atomic E-state index is 13.3. The fraction of sp³-hybridized carbons (Fsp3) is 0.438. The monoisotopic (exact) mass is 432 g/mol. The molecule has 1 aromatic carbocycles. The van der Waals surface area contributed by atoms with Crippen LogP contribution in [0.2, 0.25) is 0 Å². The number of ether oxygens (including phenoxy) is 1. The quantitative estimate of drug-likeness (QED) is 0.757. The van der Waals surface area contributed by atoms with E-state index in [2.05, 4.69) is 31.2 Å². The number of hydrogen-bond donors (Lipinski definition) is 2. The fourth-order valence-electron chi connectivity index (χ4n) is 3.07. The van der Waals surface area contributed by atoms with E-state index in [-0.39, 0.29) is 23.6 Å². The summed E-state index contributed by atoms with van der Waals surface area (Å²) in [6.07, 6.45) is -1.59. The number of carbonyl (C=O) groups excluding carboxylic acids is 1. The average Bonchev–Trinajstić information content (AvgIpc) is 2.55. The standard InChI is InChI=1S/C16H16BrF3N4O2/c17-9-5-8-7-22-15(24-13(8)12(6-9)16(18,19)20)23-10-1-3-11(4-2-10)26-14(21)25/h5-7,10-11H,1-4H2,(H2,21,25)(H,22,23,24). The molecule has 0 bridgehead atoms. The van der Waals surface area contributed by atoms with Gasteiger partial charge in [-0.15, -0.1) is 0 Å². The van der Waals surface area contributed by atoms with Crippen molar-refractivity contribution < 1.29 is 22.7 Å². The van der Waals surface area contributed by atoms with Gasteiger partial charge in [0.15, 0.2) is 0 Å². The molecule has 1 amide bonds. The van der Waals surface area contributed by atoms with Gasteiger partial charge in [0.05, 0.1) is 11.1 Å². The fourth-order valence-corrected chi connectivity index (χ4v) is 3.54. The van der Waals surface area contributed by atoms with E-state index < -0.39 is 17.8 Å². The molecule has 0 spiro atoms. The summed E-state index contributed by atoms with van der Waals surface area (Å²) in [4.78, 5) is 19.0. The van der Waals surface area contributed by atoms with E-state index in [1.165, 1.54) is 6.20 Å². The van der Waals surface area contributed by atoms with Gasteiger partial charge in [-0.2, -0.15) is 13.2 Å². The summed E-state index contributed by atoms with van der Waals surface area (Å²) < 4.78 is 45.1. The Labute approximate surface area is 155 Å². The molecule has 1 aliphatic rings. The van der Waals surface area contributed by atoms with Crippen molar-refractivity contribution in [3.05, 3.63) is 28.4 Å². The first kappa shape index (κ1) is 18.7. The molecule has 3 N–H and O–H groups in total. The highest BCUT2D eigenvalue weighted by Gasteiger charge is 2.34. The number of aromatic nitrogens is 2. The van der Waals surface area contributed by atoms with Crippen molar-refractivity contribution in [3.63, 3.8) is 0 Å². The second-order valence-electron chi connectivity index (χ2n) is 6.14. The number of anilines is 1. The first-order valence-electron chi connectivity index (χ1n) is 7.98. The third-order valence-electron chi connectivity index (χ3n) is 4.24. The number of alkyl halides is 3. The topological polar surface area (TPSA) is 90.1 Å². The lowest BCUT2D eigenvalue weighted by Gasteiger charge is -2.28. The number of halogens is 4. The Morgan fingerprint density at radius 2 is 1.96 bits per heavy atom. The number of fused-ring (bicyclic) bond motifs is 1. The zero-order valence-corrected chi connectivity index (χ0v) is 15.1. The summed E-state index contributed by atoms with van der Waals surface area (Å²) in [5.74, 6) is 0.143. The minimum absolute atomic E-state index is 0.00929. The van der Waals surface area contributed by atoms with Crippen molar-refractivity contribution in [2.45, 2.75) is 44.0 Å². The number of nitrogens with one attached hydrogen (secondary N) is 1. The molecule has 6 nitrogen and oxygen atoms in total. The van der Waals surface area contributed by atoms with Gasteiger partial charge in [-0.25, -0.2) is 14.8 Å². The van der Waals surface area contributed by atoms with E-state index in [1.807, 2.05) is 0 Å². The number of amides is 1. The summed E-state index contributed by atoms with van der Waals surface area (Å²) in [5, 5.41) is 3.37. The number of nitrogens with zero attached hydrogens (tertiary/aromatic N) is 2. The van der Waals surface area contributed by atoms with E-state index >= 15 is 0 Å². The first-order valence-corrected chi connectivity index (χ1v) is 8.78. The van der Waals surface area contributed by atoms with Crippen LogP contribution in [0.3, 0.4) is 0 Å². The summed E-state index contributed by atoms with van der Waals surface area (Å²) in [7, 11) is 0. The van der Waals surface area contributed by atoms with Gasteiger partial charge >= 0.3 is 12.3 Å². The molecular formula is C16H16BrF3N4O2. The molecule has 1 heterocycles. The third-order valence-corrected chi connectivity index (χ3v) is 4.70. The van der Waals surface area contributed by atoms with Crippen LogP contribution in [0.5, 0.6) is 0 Å². The largest absolute Gasteiger partial charge is 0.446 e. The molecule has 1 aliphatic carbocycles. The summed E-state index contributed by atoms with van der Waals surface area (Å²) in [6.45, 7) is 0. The van der Waals surface area contributed by atoms with Crippen molar-refractivity contribution in [1.29, 1.82) is 0 Å². The van der Waals surface area contributed by atoms with Gasteiger partial charge < -0.3 is 15.8 Å². The highest BCUT2D eigenvalue weighted by Crippen LogP contribution is 2.36. The lowest BCUT2D eigenvalue weighted by molar-refractivity contribution is -0.136. The van der Waals surface area contributed by atoms with Crippen LogP contribution in [-0.2, 0) is 10.9 Å². The van der Waals surface area contributed by atoms with Crippen LogP contribution >= 0.6 is 15.9 Å². The SMILES string of the molecule is NC(=O)OC1CCC(Nc2ncc3cc(Br)cc(C(F)(F)F)c3n2)CC1. The number of primary amides is 1. The maximum absolute atomic E-state index is 13.3. The van der Waals surface area contributed by atoms with Crippen LogP contribution in [0.4, 0.5) is 23.9 Å². The molecule has 0 unspecified atom stereocenters. The van der Waals surface area contributed by atoms with Gasteiger partial charge in [-0.1, -0.05) is 15.9 Å². The van der Waals surface area contributed by atoms with Crippen LogP contribution in [0, 0.1) is 0 Å². The van der Waals surface area contributed by atoms with E-state index in [1.54, 1.807) is 6.07 Å². The maximum Gasteiger partial charge on any atom is 0.418 e. The number of rotatable bonds is 3. The molecule has 0 atom stereocenters. The van der Waals surface area contributed by atoms with Gasteiger partial charge in [0.25, 0.3) is 0 Å². The summed E-state index contributed by atoms with van der Waals surface area (Å²) in [6, 6.07) is 2.54. The Morgan fingerprint density at radius 1 is 1.27 bits per heavy atom. The van der Waals surface area contributed by atoms with Gasteiger partial charge in [0.2, 0.25) is 5.95 Å². The summed E-state index contributed by atoms with van der Waals surface area (Å²) >= 11 is 3.08. The number of carbonyl (C=O) groups is 1. The molecule has 140 valence electrons. The van der Waals surface area contributed by atoms with E-state index in [4.69, 9.17) is 10.5 Å². The summed E-state index contributed by atoms with van der Waals surface area (Å²) in [5.41, 5.74) is 4.04. The number of hydrogen-bond acceptors (Lipinski definition) is 5. The molecule has 26 heavy (non-hydrogen) atoms. The molecule has 3 rings (SSSR count). The van der Waals surface area contributed by atoms with E-state index in [9.17, 15) is 18.0 Å². The van der Waals surface area contributed by atoms with Crippen LogP contribution in [-0.4, -0.2) is 28.2 Å². The molecule has 0 aliphatic heterocycles. The van der Waals surface area contributed by atoms with Crippen LogP contribution in [0.25, 0.3) is 10.9 Å². The van der Waals surface area contributed by atoms with Crippen molar-refractivity contribution in [2.24, 2.45) is 5.73 Å². The Kier molecular flexibility index (Phi) is 5.22. The van der Waals surface area contributed by atoms with Gasteiger partial charge in [0.1, 0.15) is 6.10 Å². The third kappa shape index (κ3) is 4.35. The lowest BCUT2D eigenvalue weighted by Crippen LogP contribution is -2.32. The minimum atomic E-state index is -4.52. The molecule has 0 saturated heterocycles. The Morgan fingerprint density at radius 3 is 2.58 bits per heavy atom. The van der Waals surface area contributed by atoms with Gasteiger partial charge in [0, 0.05) is 22.1 Å². The second kappa shape index (κ2) is 7.26. The Hall–Kier alpha value is -2.10. The molecule has 1 saturated carbocycles. The van der Waals surface area contributed by atoms with E-state index in [0.717, 1.165) is 6.07 Å². The van der Waals surface area contributed by atoms with Crippen molar-refractivity contribution in [3.8, 4) is 0 Å². The zero-order valence-electron chi connectivity index (χ0n) is 13.5. The van der Waals surface area contributed by atoms with Crippen LogP contribution in [0.1, 0.15) is 31.2 Å². The Balaban J connectivity index is 1.78. The normalized spacial score (nSPS) is 20.8. The highest BCUT2D eigenvalue weighted by molar-refractivity contribution is 9.10. The van der Waals surface area contributed by atoms with Crippen LogP contribution < -0.4 is 11.1 Å². The second-order valence-corrected chi connectivity index (χ2v) is 7.05. The van der Waals surface area contributed by atoms with Crippen LogP contribution in [0.15, 0.2) is 22.8 Å². The molecular weight excluding hydrogens is 417 g/mol. The van der Waals surface area contributed by atoms with Crippen molar-refractivity contribution in [2.75, 3.05) is 5.32 Å². The van der Waals surface area contributed by atoms with Gasteiger partial charge in [-0.05, 0) is 37.8 Å². The number of benzene rings is 1. The van der Waals surface area contributed by atoms with Crippen molar-refractivity contribution in [1.82, 2.24) is 9.97 Å². The predicted molar refractivity (Wildman–Crippen MR) is 92.6 cm³/mol. The van der Waals surface area contributed by atoms with Gasteiger partial charge in [-0.3, -0.25) is 0 Å². The number of nitrogens with two attached hydrogens (primary N) is 1. The smallest absolute Gasteiger partial charge is 0.418 e. The lowest BCUT2D eigenvalue weighted by atomic mass is 9.93. The highest BCUT2D eigenvalue weighted by atomic mass is 79.9. The molecule has 1 fully saturated rings. The molecule has 10 heteroatoms. The van der Waals surface area contributed by atoms with E-state index in [0.29, 0.717) is 35.5 Å². The molecule has 1 aromatic heterocycles. The Bertz CT molecular complexity index is 823. The molecule has 0 radical (unpaired) electrons. The molecule has 2 aromatic rings. The average molecular weight is 433 g/mol.